The van der Waals surface area contributed by atoms with Crippen LogP contribution in [0.15, 0.2) is 22.7 Å². The van der Waals surface area contributed by atoms with Crippen LogP contribution in [0.5, 0.6) is 5.75 Å². The van der Waals surface area contributed by atoms with E-state index in [1.807, 2.05) is 4.90 Å². The Morgan fingerprint density at radius 2 is 2.06 bits per heavy atom. The van der Waals surface area contributed by atoms with Gasteiger partial charge in [-0.3, -0.25) is 9.59 Å². The third kappa shape index (κ3) is 6.96. The minimum atomic E-state index is -3.14. The second-order valence-corrected chi connectivity index (χ2v) is 8.57. The highest BCUT2D eigenvalue weighted by molar-refractivity contribution is 5.98. The fourth-order valence-corrected chi connectivity index (χ4v) is 3.82. The van der Waals surface area contributed by atoms with E-state index in [0.29, 0.717) is 36.9 Å². The van der Waals surface area contributed by atoms with Crippen LogP contribution in [0.25, 0.3) is 0 Å². The molecular formula is C23H30F2N4O5. The molecule has 1 saturated heterocycles. The number of Topliss-reactive ketones (excluding diaryl/α,β-unsaturated/α-hetero) is 1. The van der Waals surface area contributed by atoms with Gasteiger partial charge in [-0.25, -0.2) is 0 Å². The van der Waals surface area contributed by atoms with Gasteiger partial charge in [0.15, 0.2) is 5.78 Å². The van der Waals surface area contributed by atoms with Crippen LogP contribution in [0.4, 0.5) is 14.7 Å². The minimum absolute atomic E-state index is 0.212. The lowest BCUT2D eigenvalue weighted by Gasteiger charge is -2.30. The van der Waals surface area contributed by atoms with Gasteiger partial charge in [0.2, 0.25) is 0 Å². The van der Waals surface area contributed by atoms with Crippen LogP contribution in [-0.4, -0.2) is 59.8 Å². The highest BCUT2D eigenvalue weighted by atomic mass is 19.3. The number of halogens is 2. The van der Waals surface area contributed by atoms with Crippen molar-refractivity contribution in [3.8, 4) is 5.75 Å². The molecule has 1 aromatic carbocycles. The van der Waals surface area contributed by atoms with Gasteiger partial charge >= 0.3 is 5.92 Å². The van der Waals surface area contributed by atoms with E-state index in [9.17, 15) is 18.4 Å². The topological polar surface area (TPSA) is 118 Å². The molecule has 2 heterocycles. The van der Waals surface area contributed by atoms with E-state index in [4.69, 9.17) is 9.84 Å². The monoisotopic (exact) mass is 480 g/mol. The number of amides is 1. The number of hydrogen-bond donors (Lipinski definition) is 2. The van der Waals surface area contributed by atoms with Crippen molar-refractivity contribution >= 4 is 17.6 Å². The highest BCUT2D eigenvalue weighted by Gasteiger charge is 2.33. The summed E-state index contributed by atoms with van der Waals surface area (Å²) in [5.74, 6) is -3.26. The second kappa shape index (κ2) is 11.4. The van der Waals surface area contributed by atoms with Crippen molar-refractivity contribution in [1.29, 1.82) is 0 Å². The molecule has 1 amide bonds. The zero-order chi connectivity index (χ0) is 24.7. The summed E-state index contributed by atoms with van der Waals surface area (Å²) >= 11 is 0. The van der Waals surface area contributed by atoms with Gasteiger partial charge in [-0.05, 0) is 67.4 Å². The van der Waals surface area contributed by atoms with Crippen LogP contribution in [0, 0.1) is 12.8 Å². The molecule has 0 saturated carbocycles. The van der Waals surface area contributed by atoms with Crippen molar-refractivity contribution in [2.75, 3.05) is 37.7 Å². The Morgan fingerprint density at radius 3 is 2.68 bits per heavy atom. The Kier molecular flexibility index (Phi) is 8.54. The maximum absolute atomic E-state index is 13.3. The SMILES string of the molecule is Cc1cc(OCCCC2CCN(c3noc(C(C)(F)F)n3)CC2)ccc1C(=O)NCC(=O)CO. The predicted molar refractivity (Wildman–Crippen MR) is 119 cm³/mol. The molecule has 1 aliphatic heterocycles. The number of nitrogens with one attached hydrogen (secondary N) is 1. The van der Waals surface area contributed by atoms with Crippen LogP contribution >= 0.6 is 0 Å². The maximum Gasteiger partial charge on any atom is 0.322 e. The summed E-state index contributed by atoms with van der Waals surface area (Å²) in [6.45, 7) is 3.61. The summed E-state index contributed by atoms with van der Waals surface area (Å²) in [6, 6.07) is 5.14. The highest BCUT2D eigenvalue weighted by Crippen LogP contribution is 2.29. The van der Waals surface area contributed by atoms with Crippen molar-refractivity contribution in [3.05, 3.63) is 35.2 Å². The number of aliphatic hydroxyl groups is 1. The third-order valence-electron chi connectivity index (χ3n) is 5.78. The number of aliphatic hydroxyl groups excluding tert-OH is 1. The molecule has 1 aliphatic rings. The van der Waals surface area contributed by atoms with E-state index < -0.39 is 24.2 Å². The molecule has 3 rings (SSSR count). The molecule has 0 unspecified atom stereocenters. The number of aromatic nitrogens is 2. The van der Waals surface area contributed by atoms with Gasteiger partial charge in [-0.1, -0.05) is 0 Å². The van der Waals surface area contributed by atoms with E-state index in [2.05, 4.69) is 20.0 Å². The summed E-state index contributed by atoms with van der Waals surface area (Å²) in [5, 5.41) is 14.9. The molecule has 0 spiro atoms. The van der Waals surface area contributed by atoms with Crippen molar-refractivity contribution in [2.24, 2.45) is 5.92 Å². The molecule has 11 heteroatoms. The molecular weight excluding hydrogens is 450 g/mol. The van der Waals surface area contributed by atoms with Crippen LogP contribution < -0.4 is 15.0 Å². The van der Waals surface area contributed by atoms with Crippen molar-refractivity contribution in [2.45, 2.75) is 45.5 Å². The Labute approximate surface area is 196 Å². The van der Waals surface area contributed by atoms with Gasteiger partial charge in [0.25, 0.3) is 17.7 Å². The lowest BCUT2D eigenvalue weighted by atomic mass is 9.92. The number of ether oxygens (including phenoxy) is 1. The number of benzene rings is 1. The summed E-state index contributed by atoms with van der Waals surface area (Å²) in [6.07, 6.45) is 3.67. The predicted octanol–water partition coefficient (Wildman–Crippen LogP) is 2.86. The van der Waals surface area contributed by atoms with Crippen LogP contribution in [0.3, 0.4) is 0 Å². The van der Waals surface area contributed by atoms with E-state index in [1.165, 1.54) is 0 Å². The number of aryl methyl sites for hydroxylation is 1. The standard InChI is InChI=1S/C23H30F2N4O5/c1-15-12-18(5-6-19(15)20(32)26-13-17(31)14-30)33-11-3-4-16-7-9-29(10-8-16)22-27-21(34-28-22)23(2,24)25/h5-6,12,16,30H,3-4,7-11,13-14H2,1-2H3,(H,26,32). The molecule has 9 nitrogen and oxygen atoms in total. The number of nitrogens with zero attached hydrogens (tertiary/aromatic N) is 3. The van der Waals surface area contributed by atoms with Crippen molar-refractivity contribution in [1.82, 2.24) is 15.5 Å². The molecule has 1 aromatic heterocycles. The van der Waals surface area contributed by atoms with Crippen LogP contribution in [0.2, 0.25) is 0 Å². The number of hydrogen-bond acceptors (Lipinski definition) is 8. The van der Waals surface area contributed by atoms with Gasteiger partial charge in [-0.2, -0.15) is 13.8 Å². The normalized spacial score (nSPS) is 14.8. The Balaban J connectivity index is 1.37. The first-order chi connectivity index (χ1) is 16.2. The Morgan fingerprint density at radius 1 is 1.32 bits per heavy atom. The van der Waals surface area contributed by atoms with Gasteiger partial charge in [0.1, 0.15) is 12.4 Å². The minimum Gasteiger partial charge on any atom is -0.494 e. The maximum atomic E-state index is 13.3. The molecule has 34 heavy (non-hydrogen) atoms. The summed E-state index contributed by atoms with van der Waals surface area (Å²) in [7, 11) is 0. The fraction of sp³-hybridized carbons (Fsp3) is 0.565. The number of ketones is 1. The lowest BCUT2D eigenvalue weighted by Crippen LogP contribution is -2.34. The number of anilines is 1. The van der Waals surface area contributed by atoms with Crippen LogP contribution in [-0.2, 0) is 10.7 Å². The number of carbonyl (C=O) groups is 2. The third-order valence-corrected chi connectivity index (χ3v) is 5.78. The number of piperidine rings is 1. The molecule has 2 aromatic rings. The Bertz CT molecular complexity index is 984. The molecule has 0 radical (unpaired) electrons. The Hall–Kier alpha value is -3.08. The smallest absolute Gasteiger partial charge is 0.322 e. The first-order valence-electron chi connectivity index (χ1n) is 11.3. The van der Waals surface area contributed by atoms with Gasteiger partial charge in [0.05, 0.1) is 13.2 Å². The quantitative estimate of drug-likeness (QED) is 0.472. The van der Waals surface area contributed by atoms with E-state index in [1.54, 1.807) is 25.1 Å². The molecule has 0 atom stereocenters. The van der Waals surface area contributed by atoms with Gasteiger partial charge in [-0.15, -0.1) is 0 Å². The first kappa shape index (κ1) is 25.5. The fourth-order valence-electron chi connectivity index (χ4n) is 3.82. The van der Waals surface area contributed by atoms with Crippen molar-refractivity contribution in [3.63, 3.8) is 0 Å². The summed E-state index contributed by atoms with van der Waals surface area (Å²) in [5.41, 5.74) is 1.17. The average Bonchev–Trinajstić information content (AvgIpc) is 3.31. The van der Waals surface area contributed by atoms with Crippen molar-refractivity contribution < 1.29 is 32.7 Å². The molecule has 1 fully saturated rings. The van der Waals surface area contributed by atoms with E-state index >= 15 is 0 Å². The van der Waals surface area contributed by atoms with Crippen LogP contribution in [0.1, 0.15) is 54.4 Å². The number of alkyl halides is 2. The molecule has 186 valence electrons. The average molecular weight is 481 g/mol. The van der Waals surface area contributed by atoms with E-state index in [0.717, 1.165) is 38.2 Å². The molecule has 2 N–H and O–H groups in total. The van der Waals surface area contributed by atoms with Gasteiger partial charge < -0.3 is 24.6 Å². The lowest BCUT2D eigenvalue weighted by molar-refractivity contribution is -0.120. The summed E-state index contributed by atoms with van der Waals surface area (Å²) < 4.78 is 37.0. The molecule has 0 aliphatic carbocycles. The number of carbonyl (C=O) groups excluding carboxylic acids is 2. The zero-order valence-corrected chi connectivity index (χ0v) is 19.4. The number of rotatable bonds is 11. The summed E-state index contributed by atoms with van der Waals surface area (Å²) in [4.78, 5) is 29.0. The largest absolute Gasteiger partial charge is 0.494 e. The second-order valence-electron chi connectivity index (χ2n) is 8.57. The first-order valence-corrected chi connectivity index (χ1v) is 11.3. The van der Waals surface area contributed by atoms with Gasteiger partial charge in [0, 0.05) is 25.6 Å². The zero-order valence-electron chi connectivity index (χ0n) is 19.4. The molecule has 0 bridgehead atoms. The van der Waals surface area contributed by atoms with E-state index in [-0.39, 0.29) is 18.4 Å².